The molecule has 1 fully saturated rings. The van der Waals surface area contributed by atoms with E-state index in [1.165, 1.54) is 25.3 Å². The molecule has 1 aliphatic rings. The van der Waals surface area contributed by atoms with Gasteiger partial charge in [0, 0.05) is 11.3 Å². The summed E-state index contributed by atoms with van der Waals surface area (Å²) in [6.07, 6.45) is 5.87. The Labute approximate surface area is 115 Å². The molecule has 1 N–H and O–H groups in total. The number of fused-ring (bicyclic) bond motifs is 1. The van der Waals surface area contributed by atoms with Crippen molar-refractivity contribution in [3.63, 3.8) is 0 Å². The number of thioether (sulfide) groups is 1. The minimum atomic E-state index is -0.211. The van der Waals surface area contributed by atoms with Crippen molar-refractivity contribution in [1.82, 2.24) is 9.55 Å². The van der Waals surface area contributed by atoms with Gasteiger partial charge in [-0.05, 0) is 49.5 Å². The summed E-state index contributed by atoms with van der Waals surface area (Å²) in [5, 5.41) is 0. The van der Waals surface area contributed by atoms with E-state index < -0.39 is 0 Å². The molecule has 0 aliphatic heterocycles. The maximum atomic E-state index is 13.4. The van der Waals surface area contributed by atoms with Crippen LogP contribution in [0.4, 0.5) is 4.39 Å². The number of rotatable bonds is 3. The molecule has 1 saturated carbocycles. The molecule has 1 heterocycles. The van der Waals surface area contributed by atoms with Crippen molar-refractivity contribution in [1.29, 1.82) is 0 Å². The van der Waals surface area contributed by atoms with Crippen LogP contribution >= 0.6 is 24.0 Å². The van der Waals surface area contributed by atoms with Gasteiger partial charge in [0.2, 0.25) is 0 Å². The Hall–Kier alpha value is -0.810. The van der Waals surface area contributed by atoms with Crippen molar-refractivity contribution in [2.75, 3.05) is 6.26 Å². The van der Waals surface area contributed by atoms with Gasteiger partial charge >= 0.3 is 0 Å². The van der Waals surface area contributed by atoms with Crippen LogP contribution in [0.2, 0.25) is 0 Å². The first-order chi connectivity index (χ1) is 8.63. The van der Waals surface area contributed by atoms with Crippen LogP contribution in [0.25, 0.3) is 11.0 Å². The topological polar surface area (TPSA) is 20.7 Å². The molecule has 2 aromatic rings. The Kier molecular flexibility index (Phi) is 2.98. The van der Waals surface area contributed by atoms with Crippen molar-refractivity contribution < 1.29 is 4.39 Å². The van der Waals surface area contributed by atoms with Gasteiger partial charge in [0.25, 0.3) is 0 Å². The SMILES string of the molecule is CSC1(Cn2c(=S)[nH]c3ccc(F)cc32)CCC1. The molecule has 1 aliphatic carbocycles. The predicted molar refractivity (Wildman–Crippen MR) is 77.2 cm³/mol. The third kappa shape index (κ3) is 1.89. The smallest absolute Gasteiger partial charge is 0.178 e. The highest BCUT2D eigenvalue weighted by Crippen LogP contribution is 2.44. The molecule has 5 heteroatoms. The van der Waals surface area contributed by atoms with Crippen LogP contribution in [0.3, 0.4) is 0 Å². The number of hydrogen-bond acceptors (Lipinski definition) is 2. The van der Waals surface area contributed by atoms with Crippen LogP contribution in [0.1, 0.15) is 19.3 Å². The molecule has 0 saturated heterocycles. The van der Waals surface area contributed by atoms with Gasteiger partial charge in [0.05, 0.1) is 11.0 Å². The van der Waals surface area contributed by atoms with Gasteiger partial charge in [-0.15, -0.1) is 0 Å². The third-order valence-electron chi connectivity index (χ3n) is 3.88. The van der Waals surface area contributed by atoms with Gasteiger partial charge in [-0.3, -0.25) is 0 Å². The highest BCUT2D eigenvalue weighted by molar-refractivity contribution is 8.00. The fourth-order valence-electron chi connectivity index (χ4n) is 2.57. The number of nitrogens with zero attached hydrogens (tertiary/aromatic N) is 1. The van der Waals surface area contributed by atoms with E-state index in [1.807, 2.05) is 16.3 Å². The lowest BCUT2D eigenvalue weighted by Gasteiger charge is -2.40. The molecule has 0 radical (unpaired) electrons. The van der Waals surface area contributed by atoms with Gasteiger partial charge in [0.15, 0.2) is 4.77 Å². The fourth-order valence-corrected chi connectivity index (χ4v) is 3.80. The summed E-state index contributed by atoms with van der Waals surface area (Å²) in [5.74, 6) is -0.211. The molecule has 2 nitrogen and oxygen atoms in total. The summed E-state index contributed by atoms with van der Waals surface area (Å²) in [5.41, 5.74) is 1.79. The number of aromatic amines is 1. The average molecular weight is 282 g/mol. The van der Waals surface area contributed by atoms with E-state index in [9.17, 15) is 4.39 Å². The molecule has 0 spiro atoms. The summed E-state index contributed by atoms with van der Waals surface area (Å²) in [4.78, 5) is 3.15. The Balaban J connectivity index is 2.08. The summed E-state index contributed by atoms with van der Waals surface area (Å²) >= 11 is 7.26. The molecule has 96 valence electrons. The maximum Gasteiger partial charge on any atom is 0.178 e. The molecule has 18 heavy (non-hydrogen) atoms. The van der Waals surface area contributed by atoms with E-state index in [-0.39, 0.29) is 5.82 Å². The number of imidazole rings is 1. The van der Waals surface area contributed by atoms with E-state index in [0.29, 0.717) is 9.52 Å². The largest absolute Gasteiger partial charge is 0.331 e. The van der Waals surface area contributed by atoms with Crippen LogP contribution in [0.5, 0.6) is 0 Å². The Morgan fingerprint density at radius 1 is 1.50 bits per heavy atom. The lowest BCUT2D eigenvalue weighted by atomic mass is 9.84. The van der Waals surface area contributed by atoms with Crippen LogP contribution in [-0.2, 0) is 6.54 Å². The normalized spacial score (nSPS) is 17.9. The first kappa shape index (κ1) is 12.2. The predicted octanol–water partition coefficient (Wildman–Crippen LogP) is 4.12. The quantitative estimate of drug-likeness (QED) is 0.855. The second-order valence-electron chi connectivity index (χ2n) is 4.92. The molecular weight excluding hydrogens is 267 g/mol. The summed E-state index contributed by atoms with van der Waals surface area (Å²) in [6, 6.07) is 4.78. The van der Waals surface area contributed by atoms with E-state index >= 15 is 0 Å². The van der Waals surface area contributed by atoms with Crippen LogP contribution in [-0.4, -0.2) is 20.6 Å². The van der Waals surface area contributed by atoms with Gasteiger partial charge in [-0.25, -0.2) is 4.39 Å². The van der Waals surface area contributed by atoms with Crippen LogP contribution in [0, 0.1) is 10.6 Å². The number of nitrogens with one attached hydrogen (secondary N) is 1. The van der Waals surface area contributed by atoms with Gasteiger partial charge < -0.3 is 9.55 Å². The van der Waals surface area contributed by atoms with Crippen molar-refractivity contribution in [2.24, 2.45) is 0 Å². The molecule has 0 unspecified atom stereocenters. The van der Waals surface area contributed by atoms with Gasteiger partial charge in [0.1, 0.15) is 5.82 Å². The number of aromatic nitrogens is 2. The molecular formula is C13H15FN2S2. The van der Waals surface area contributed by atoms with Crippen molar-refractivity contribution >= 4 is 35.0 Å². The standard InChI is InChI=1S/C13H15FN2S2/c1-18-13(5-2-6-13)8-16-11-7-9(14)3-4-10(11)15-12(16)17/h3-4,7H,2,5-6,8H2,1H3,(H,15,17). The number of benzene rings is 1. The Morgan fingerprint density at radius 3 is 2.89 bits per heavy atom. The maximum absolute atomic E-state index is 13.4. The lowest BCUT2D eigenvalue weighted by Crippen LogP contribution is -2.37. The van der Waals surface area contributed by atoms with E-state index in [2.05, 4.69) is 11.2 Å². The Bertz CT molecular complexity index is 634. The number of halogens is 1. The number of H-pyrrole nitrogens is 1. The molecule has 0 atom stereocenters. The summed E-state index contributed by atoms with van der Waals surface area (Å²) in [7, 11) is 0. The zero-order valence-corrected chi connectivity index (χ0v) is 11.8. The zero-order chi connectivity index (χ0) is 12.8. The van der Waals surface area contributed by atoms with Crippen LogP contribution < -0.4 is 0 Å². The third-order valence-corrected chi connectivity index (χ3v) is 5.61. The zero-order valence-electron chi connectivity index (χ0n) is 10.2. The van der Waals surface area contributed by atoms with Crippen LogP contribution in [0.15, 0.2) is 18.2 Å². The minimum Gasteiger partial charge on any atom is -0.331 e. The Morgan fingerprint density at radius 2 is 2.28 bits per heavy atom. The second-order valence-corrected chi connectivity index (χ2v) is 6.58. The minimum absolute atomic E-state index is 0.211. The first-order valence-electron chi connectivity index (χ1n) is 6.07. The highest BCUT2D eigenvalue weighted by atomic mass is 32.2. The second kappa shape index (κ2) is 4.38. The molecule has 1 aromatic heterocycles. The van der Waals surface area contributed by atoms with E-state index in [1.54, 1.807) is 12.1 Å². The summed E-state index contributed by atoms with van der Waals surface area (Å²) in [6.45, 7) is 0.871. The molecule has 0 bridgehead atoms. The van der Waals surface area contributed by atoms with Gasteiger partial charge in [-0.1, -0.05) is 6.42 Å². The monoisotopic (exact) mass is 282 g/mol. The van der Waals surface area contributed by atoms with Crippen molar-refractivity contribution in [2.45, 2.75) is 30.6 Å². The highest BCUT2D eigenvalue weighted by Gasteiger charge is 2.36. The van der Waals surface area contributed by atoms with E-state index in [0.717, 1.165) is 17.6 Å². The number of hydrogen-bond donors (Lipinski definition) is 1. The van der Waals surface area contributed by atoms with Gasteiger partial charge in [-0.2, -0.15) is 11.8 Å². The molecule has 1 aromatic carbocycles. The van der Waals surface area contributed by atoms with E-state index in [4.69, 9.17) is 12.2 Å². The first-order valence-corrected chi connectivity index (χ1v) is 7.70. The molecule has 0 amide bonds. The van der Waals surface area contributed by atoms with Crippen molar-refractivity contribution in [3.05, 3.63) is 28.8 Å². The van der Waals surface area contributed by atoms with Crippen molar-refractivity contribution in [3.8, 4) is 0 Å². The lowest BCUT2D eigenvalue weighted by molar-refractivity contribution is 0.323. The summed E-state index contributed by atoms with van der Waals surface area (Å²) < 4.78 is 16.4. The fraction of sp³-hybridized carbons (Fsp3) is 0.462. The molecule has 3 rings (SSSR count). The average Bonchev–Trinajstić information content (AvgIpc) is 2.60.